The van der Waals surface area contributed by atoms with Gasteiger partial charge in [0.2, 0.25) is 15.9 Å². The molecular formula is C31H41ClN6O4S. The molecule has 0 spiro atoms. The number of amides is 1. The molecule has 1 aromatic carbocycles. The maximum Gasteiger partial charge on any atom is 0.246 e. The molecule has 232 valence electrons. The van der Waals surface area contributed by atoms with Crippen LogP contribution in [0.4, 0.5) is 0 Å². The van der Waals surface area contributed by atoms with Crippen molar-refractivity contribution in [2.45, 2.75) is 32.4 Å². The van der Waals surface area contributed by atoms with E-state index < -0.39 is 16.1 Å². The van der Waals surface area contributed by atoms with Crippen LogP contribution < -0.4 is 10.6 Å². The largest absolute Gasteiger partial charge is 0.394 e. The number of aromatic nitrogens is 2. The molecule has 1 aliphatic heterocycles. The van der Waals surface area contributed by atoms with E-state index in [1.165, 1.54) is 9.71 Å². The van der Waals surface area contributed by atoms with Gasteiger partial charge >= 0.3 is 0 Å². The van der Waals surface area contributed by atoms with Crippen LogP contribution in [-0.2, 0) is 26.6 Å². The summed E-state index contributed by atoms with van der Waals surface area (Å²) in [5.41, 5.74) is 4.73. The van der Waals surface area contributed by atoms with Crippen LogP contribution in [0.2, 0.25) is 5.02 Å². The molecule has 2 atom stereocenters. The molecule has 12 heteroatoms. The fourth-order valence-corrected chi connectivity index (χ4v) is 6.93. The number of rotatable bonds is 11. The third-order valence-corrected chi connectivity index (χ3v) is 9.55. The highest BCUT2D eigenvalue weighted by atomic mass is 35.5. The van der Waals surface area contributed by atoms with Crippen molar-refractivity contribution in [3.8, 4) is 0 Å². The summed E-state index contributed by atoms with van der Waals surface area (Å²) in [4.78, 5) is 19.7. The molecule has 43 heavy (non-hydrogen) atoms. The molecular weight excluding hydrogens is 588 g/mol. The van der Waals surface area contributed by atoms with Gasteiger partial charge in [0.15, 0.2) is 0 Å². The van der Waals surface area contributed by atoms with E-state index in [9.17, 15) is 13.2 Å². The van der Waals surface area contributed by atoms with Crippen LogP contribution in [0, 0.1) is 0 Å². The SMILES string of the molecule is C/C=C/S(=O)(=O)N1CCN(C2C/C(=C\C=C/NC)C=C(C(NC(=O)COCC)c3cncn3C)c3cc(Cl)ccc32)CC1. The lowest BCUT2D eigenvalue weighted by Gasteiger charge is -2.39. The van der Waals surface area contributed by atoms with E-state index in [0.29, 0.717) is 44.2 Å². The smallest absolute Gasteiger partial charge is 0.246 e. The highest BCUT2D eigenvalue weighted by Gasteiger charge is 2.34. The number of benzene rings is 1. The number of imidazole rings is 1. The van der Waals surface area contributed by atoms with E-state index >= 15 is 0 Å². The predicted molar refractivity (Wildman–Crippen MR) is 171 cm³/mol. The number of ether oxygens (including phenoxy) is 1. The van der Waals surface area contributed by atoms with Crippen LogP contribution in [0.25, 0.3) is 5.57 Å². The van der Waals surface area contributed by atoms with Crippen LogP contribution >= 0.6 is 11.6 Å². The lowest BCUT2D eigenvalue weighted by atomic mass is 9.90. The van der Waals surface area contributed by atoms with E-state index in [0.717, 1.165) is 28.0 Å². The van der Waals surface area contributed by atoms with Crippen LogP contribution in [-0.4, -0.2) is 79.5 Å². The number of hydrogen-bond acceptors (Lipinski definition) is 7. The number of carbonyl (C=O) groups is 1. The Labute approximate surface area is 259 Å². The summed E-state index contributed by atoms with van der Waals surface area (Å²) in [7, 11) is 0.302. The van der Waals surface area contributed by atoms with E-state index in [-0.39, 0.29) is 18.6 Å². The molecule has 0 saturated carbocycles. The summed E-state index contributed by atoms with van der Waals surface area (Å²) in [6, 6.07) is 5.31. The van der Waals surface area contributed by atoms with Crippen LogP contribution in [0.15, 0.2) is 72.2 Å². The zero-order valence-electron chi connectivity index (χ0n) is 25.2. The number of nitrogens with zero attached hydrogens (tertiary/aromatic N) is 4. The lowest BCUT2D eigenvalue weighted by molar-refractivity contribution is -0.126. The van der Waals surface area contributed by atoms with Gasteiger partial charge in [-0.25, -0.2) is 13.4 Å². The average Bonchev–Trinajstić information content (AvgIpc) is 3.34. The summed E-state index contributed by atoms with van der Waals surface area (Å²) in [6.07, 6.45) is 13.7. The Morgan fingerprint density at radius 1 is 1.26 bits per heavy atom. The van der Waals surface area contributed by atoms with Crippen molar-refractivity contribution in [2.75, 3.05) is 46.4 Å². The predicted octanol–water partition coefficient (Wildman–Crippen LogP) is 3.94. The van der Waals surface area contributed by atoms with Crippen molar-refractivity contribution in [3.63, 3.8) is 0 Å². The Morgan fingerprint density at radius 2 is 2.02 bits per heavy atom. The first-order valence-electron chi connectivity index (χ1n) is 14.4. The fourth-order valence-electron chi connectivity index (χ4n) is 5.57. The standard InChI is InChI=1S/C31H41ClN6O4S/c1-5-16-43(40,41)38-14-12-37(13-15-38)28-18-23(8-7-11-33-3)17-27(26-19-24(32)9-10-25(26)28)31(29-20-34-22-36(29)4)35-30(39)21-42-6-2/h5,7-11,16-17,19-20,22,28,31,33H,6,12-15,18,21H2,1-4H3,(H,35,39)/b11-7-,16-5+,23-8-. The lowest BCUT2D eigenvalue weighted by Crippen LogP contribution is -2.49. The maximum atomic E-state index is 13.1. The minimum Gasteiger partial charge on any atom is -0.394 e. The molecule has 2 N–H and O–H groups in total. The summed E-state index contributed by atoms with van der Waals surface area (Å²) in [5.74, 6) is -0.239. The molecule has 10 nitrogen and oxygen atoms in total. The quantitative estimate of drug-likeness (QED) is 0.388. The molecule has 1 amide bonds. The number of allylic oxidation sites excluding steroid dienone is 4. The maximum absolute atomic E-state index is 13.1. The third kappa shape index (κ3) is 8.04. The summed E-state index contributed by atoms with van der Waals surface area (Å²) < 4.78 is 34.2. The van der Waals surface area contributed by atoms with E-state index in [1.807, 2.05) is 56.1 Å². The van der Waals surface area contributed by atoms with Crippen LogP contribution in [0.3, 0.4) is 0 Å². The van der Waals surface area contributed by atoms with E-state index in [4.69, 9.17) is 16.3 Å². The first kappa shape index (κ1) is 32.7. The van der Waals surface area contributed by atoms with Crippen molar-refractivity contribution in [3.05, 3.63) is 94.1 Å². The van der Waals surface area contributed by atoms with Gasteiger partial charge in [-0.2, -0.15) is 4.31 Å². The molecule has 1 fully saturated rings. The fraction of sp³-hybridized carbons (Fsp3) is 0.419. The molecule has 2 heterocycles. The molecule has 0 bridgehead atoms. The third-order valence-electron chi connectivity index (χ3n) is 7.61. The number of nitrogens with one attached hydrogen (secondary N) is 2. The summed E-state index contributed by atoms with van der Waals surface area (Å²) >= 11 is 6.62. The van der Waals surface area contributed by atoms with Gasteiger partial charge in [0.05, 0.1) is 24.3 Å². The average molecular weight is 629 g/mol. The van der Waals surface area contributed by atoms with E-state index in [1.54, 1.807) is 25.5 Å². The number of halogens is 1. The molecule has 1 saturated heterocycles. The van der Waals surface area contributed by atoms with Crippen molar-refractivity contribution in [1.82, 2.24) is 29.4 Å². The minimum absolute atomic E-state index is 0.0480. The van der Waals surface area contributed by atoms with Crippen molar-refractivity contribution >= 4 is 33.1 Å². The molecule has 2 unspecified atom stereocenters. The first-order chi connectivity index (χ1) is 20.7. The molecule has 1 aromatic heterocycles. The Hall–Kier alpha value is -3.22. The van der Waals surface area contributed by atoms with Gasteiger partial charge in [0.1, 0.15) is 6.61 Å². The minimum atomic E-state index is -3.44. The molecule has 2 aromatic rings. The number of carbonyl (C=O) groups excluding carboxylic acids is 1. The van der Waals surface area contributed by atoms with Gasteiger partial charge < -0.3 is 19.9 Å². The number of sulfonamides is 1. The van der Waals surface area contributed by atoms with Gasteiger partial charge in [-0.05, 0) is 67.0 Å². The zero-order chi connectivity index (χ0) is 31.0. The first-order valence-corrected chi connectivity index (χ1v) is 16.3. The Balaban J connectivity index is 1.81. The Bertz CT molecular complexity index is 1510. The number of hydrogen-bond donors (Lipinski definition) is 2. The number of fused-ring (bicyclic) bond motifs is 1. The van der Waals surface area contributed by atoms with Gasteiger partial charge in [0.25, 0.3) is 0 Å². The van der Waals surface area contributed by atoms with Gasteiger partial charge in [-0.15, -0.1) is 0 Å². The van der Waals surface area contributed by atoms with Gasteiger partial charge in [0, 0.05) is 63.4 Å². The molecule has 0 radical (unpaired) electrons. The van der Waals surface area contributed by atoms with Crippen molar-refractivity contribution in [2.24, 2.45) is 7.05 Å². The second kappa shape index (κ2) is 15.0. The monoisotopic (exact) mass is 628 g/mol. The summed E-state index contributed by atoms with van der Waals surface area (Å²) in [5, 5.41) is 8.06. The second-order valence-corrected chi connectivity index (χ2v) is 12.7. The molecule has 4 rings (SSSR count). The molecule has 1 aliphatic carbocycles. The zero-order valence-corrected chi connectivity index (χ0v) is 26.7. The normalized spacial score (nSPS) is 20.3. The van der Waals surface area contributed by atoms with E-state index in [2.05, 4.69) is 32.7 Å². The topological polar surface area (TPSA) is 109 Å². The number of piperazine rings is 1. The second-order valence-electron chi connectivity index (χ2n) is 10.5. The van der Waals surface area contributed by atoms with Crippen molar-refractivity contribution < 1.29 is 17.9 Å². The highest BCUT2D eigenvalue weighted by molar-refractivity contribution is 7.92. The van der Waals surface area contributed by atoms with Crippen molar-refractivity contribution in [1.29, 1.82) is 0 Å². The Morgan fingerprint density at radius 3 is 2.67 bits per heavy atom. The van der Waals surface area contributed by atoms with Crippen LogP contribution in [0.1, 0.15) is 49.2 Å². The van der Waals surface area contributed by atoms with Gasteiger partial charge in [-0.1, -0.05) is 35.9 Å². The Kier molecular flexibility index (Phi) is 11.4. The van der Waals surface area contributed by atoms with Gasteiger partial charge in [-0.3, -0.25) is 9.69 Å². The summed E-state index contributed by atoms with van der Waals surface area (Å²) in [6.45, 7) is 5.89. The highest BCUT2D eigenvalue weighted by Crippen LogP contribution is 2.43. The molecule has 2 aliphatic rings. The van der Waals surface area contributed by atoms with Crippen LogP contribution in [0.5, 0.6) is 0 Å². The number of aryl methyl sites for hydroxylation is 1.